The first-order valence-corrected chi connectivity index (χ1v) is 15.4. The van der Waals surface area contributed by atoms with Gasteiger partial charge in [-0.1, -0.05) is 50.2 Å². The third-order valence-corrected chi connectivity index (χ3v) is 8.86. The number of nitrogens with one attached hydrogen (secondary N) is 1. The molecule has 0 saturated carbocycles. The number of hydrogen-bond donors (Lipinski definition) is 1. The highest BCUT2D eigenvalue weighted by atomic mass is 32.2. The van der Waals surface area contributed by atoms with Crippen LogP contribution in [0.15, 0.2) is 77.7 Å². The highest BCUT2D eigenvalue weighted by Gasteiger charge is 2.35. The Hall–Kier alpha value is -4.05. The van der Waals surface area contributed by atoms with Gasteiger partial charge < -0.3 is 19.7 Å². The van der Waals surface area contributed by atoms with Gasteiger partial charge in [0.15, 0.2) is 0 Å². The first-order chi connectivity index (χ1) is 20.0. The van der Waals surface area contributed by atoms with Gasteiger partial charge in [0.05, 0.1) is 24.8 Å². The van der Waals surface area contributed by atoms with Crippen molar-refractivity contribution in [3.05, 3.63) is 83.9 Å². The molecular weight excluding hydrogens is 554 g/mol. The maximum atomic E-state index is 14.3. The Morgan fingerprint density at radius 1 is 0.905 bits per heavy atom. The molecule has 0 unspecified atom stereocenters. The van der Waals surface area contributed by atoms with E-state index in [0.717, 1.165) is 21.9 Å². The molecule has 226 valence electrons. The van der Waals surface area contributed by atoms with E-state index >= 15 is 0 Å². The monoisotopic (exact) mass is 595 g/mol. The van der Waals surface area contributed by atoms with Crippen molar-refractivity contribution in [1.29, 1.82) is 0 Å². The van der Waals surface area contributed by atoms with E-state index in [1.54, 1.807) is 61.7 Å². The number of anilines is 1. The molecule has 2 amide bonds. The van der Waals surface area contributed by atoms with Crippen molar-refractivity contribution in [2.24, 2.45) is 0 Å². The number of carbonyl (C=O) groups is 2. The fraction of sp³-hybridized carbons (Fsp3) is 0.375. The Balaban J connectivity index is 2.12. The Morgan fingerprint density at radius 2 is 1.62 bits per heavy atom. The summed E-state index contributed by atoms with van der Waals surface area (Å²) in [5.41, 5.74) is 1.76. The molecule has 0 aliphatic heterocycles. The molecule has 0 aliphatic rings. The number of rotatable bonds is 14. The zero-order valence-electron chi connectivity index (χ0n) is 25.2. The summed E-state index contributed by atoms with van der Waals surface area (Å²) in [7, 11) is -1.20. The zero-order valence-corrected chi connectivity index (χ0v) is 26.0. The summed E-state index contributed by atoms with van der Waals surface area (Å²) >= 11 is 0. The first-order valence-electron chi connectivity index (χ1n) is 14.0. The number of aryl methyl sites for hydroxylation is 1. The van der Waals surface area contributed by atoms with E-state index in [9.17, 15) is 18.0 Å². The van der Waals surface area contributed by atoms with Crippen molar-refractivity contribution in [3.63, 3.8) is 0 Å². The quantitative estimate of drug-likeness (QED) is 0.283. The van der Waals surface area contributed by atoms with Gasteiger partial charge in [-0.25, -0.2) is 8.42 Å². The van der Waals surface area contributed by atoms with Gasteiger partial charge in [0.25, 0.3) is 10.0 Å². The zero-order chi connectivity index (χ0) is 30.9. The summed E-state index contributed by atoms with van der Waals surface area (Å²) in [4.78, 5) is 29.2. The lowest BCUT2D eigenvalue weighted by atomic mass is 10.1. The summed E-state index contributed by atoms with van der Waals surface area (Å²) < 4.78 is 40.1. The van der Waals surface area contributed by atoms with Gasteiger partial charge in [0.1, 0.15) is 24.1 Å². The van der Waals surface area contributed by atoms with E-state index in [-0.39, 0.29) is 29.1 Å². The smallest absolute Gasteiger partial charge is 0.264 e. The number of methoxy groups -OCH3 is 2. The topological polar surface area (TPSA) is 105 Å². The lowest BCUT2D eigenvalue weighted by molar-refractivity contribution is -0.140. The van der Waals surface area contributed by atoms with Crippen molar-refractivity contribution in [2.45, 2.75) is 64.1 Å². The third-order valence-electron chi connectivity index (χ3n) is 7.09. The van der Waals surface area contributed by atoms with Crippen LogP contribution in [-0.2, 0) is 26.2 Å². The number of hydrogen-bond acceptors (Lipinski definition) is 6. The van der Waals surface area contributed by atoms with Gasteiger partial charge in [0.2, 0.25) is 11.8 Å². The van der Waals surface area contributed by atoms with Crippen LogP contribution in [-0.4, -0.2) is 58.0 Å². The minimum atomic E-state index is -4.21. The molecule has 0 saturated heterocycles. The minimum absolute atomic E-state index is 0.0299. The van der Waals surface area contributed by atoms with Crippen LogP contribution in [0.1, 0.15) is 44.7 Å². The number of benzene rings is 3. The lowest BCUT2D eigenvalue weighted by Crippen LogP contribution is -2.53. The lowest BCUT2D eigenvalue weighted by Gasteiger charge is -2.34. The molecular formula is C32H41N3O6S. The summed E-state index contributed by atoms with van der Waals surface area (Å²) in [5, 5.41) is 2.98. The molecule has 1 N–H and O–H groups in total. The Morgan fingerprint density at radius 3 is 2.24 bits per heavy atom. The number of amides is 2. The molecule has 0 heterocycles. The van der Waals surface area contributed by atoms with Crippen LogP contribution in [0.2, 0.25) is 0 Å². The van der Waals surface area contributed by atoms with Crippen molar-refractivity contribution in [3.8, 4) is 11.5 Å². The van der Waals surface area contributed by atoms with Gasteiger partial charge in [-0.15, -0.1) is 0 Å². The second kappa shape index (κ2) is 14.7. The van der Waals surface area contributed by atoms with E-state index in [0.29, 0.717) is 17.9 Å². The second-order valence-electron chi connectivity index (χ2n) is 10.1. The number of nitrogens with zero attached hydrogens (tertiary/aromatic N) is 2. The van der Waals surface area contributed by atoms with Crippen LogP contribution in [0.25, 0.3) is 0 Å². The van der Waals surface area contributed by atoms with Crippen LogP contribution < -0.4 is 19.1 Å². The molecule has 3 aromatic rings. The van der Waals surface area contributed by atoms with Gasteiger partial charge in [0, 0.05) is 12.6 Å². The molecule has 0 spiro atoms. The average Bonchev–Trinajstić information content (AvgIpc) is 2.99. The standard InChI is InChI=1S/C32H41N3O6S/c1-7-24(4)33-32(37)28(8-2)34(21-25-13-12-14-26(20-25)40-5)31(36)22-35(29-19-23(3)17-18-30(29)41-6)42(38,39)27-15-10-9-11-16-27/h9-20,24,28H,7-8,21-22H2,1-6H3,(H,33,37)/t24-,28-/m1/s1. The summed E-state index contributed by atoms with van der Waals surface area (Å²) in [6, 6.07) is 19.4. The Kier molecular flexibility index (Phi) is 11.4. The van der Waals surface area contributed by atoms with Gasteiger partial charge in [-0.2, -0.15) is 0 Å². The predicted octanol–water partition coefficient (Wildman–Crippen LogP) is 4.93. The van der Waals surface area contributed by atoms with E-state index in [2.05, 4.69) is 5.32 Å². The summed E-state index contributed by atoms with van der Waals surface area (Å²) in [6.45, 7) is 7.05. The van der Waals surface area contributed by atoms with E-state index < -0.39 is 28.5 Å². The molecule has 10 heteroatoms. The number of ether oxygens (including phenoxy) is 2. The molecule has 0 aliphatic carbocycles. The van der Waals surface area contributed by atoms with E-state index in [4.69, 9.17) is 9.47 Å². The largest absolute Gasteiger partial charge is 0.497 e. The van der Waals surface area contributed by atoms with E-state index in [1.807, 2.05) is 33.8 Å². The fourth-order valence-corrected chi connectivity index (χ4v) is 5.99. The fourth-order valence-electron chi connectivity index (χ4n) is 4.56. The Bertz CT molecular complexity index is 1460. The average molecular weight is 596 g/mol. The number of sulfonamides is 1. The molecule has 0 fully saturated rings. The third kappa shape index (κ3) is 7.82. The van der Waals surface area contributed by atoms with Gasteiger partial charge in [-0.05, 0) is 74.2 Å². The highest BCUT2D eigenvalue weighted by molar-refractivity contribution is 7.92. The maximum Gasteiger partial charge on any atom is 0.264 e. The molecule has 0 bridgehead atoms. The minimum Gasteiger partial charge on any atom is -0.497 e. The molecule has 0 radical (unpaired) electrons. The van der Waals surface area contributed by atoms with Crippen LogP contribution in [0.5, 0.6) is 11.5 Å². The van der Waals surface area contributed by atoms with Crippen LogP contribution in [0, 0.1) is 6.92 Å². The van der Waals surface area contributed by atoms with Crippen molar-refractivity contribution in [2.75, 3.05) is 25.1 Å². The van der Waals surface area contributed by atoms with Gasteiger partial charge >= 0.3 is 0 Å². The molecule has 0 aromatic heterocycles. The first kappa shape index (κ1) is 32.5. The van der Waals surface area contributed by atoms with Gasteiger partial charge in [-0.3, -0.25) is 13.9 Å². The SMILES string of the molecule is CC[C@@H](C)NC(=O)[C@@H](CC)N(Cc1cccc(OC)c1)C(=O)CN(c1cc(C)ccc1OC)S(=O)(=O)c1ccccc1. The van der Waals surface area contributed by atoms with E-state index in [1.165, 1.54) is 24.1 Å². The van der Waals surface area contributed by atoms with Crippen LogP contribution in [0.4, 0.5) is 5.69 Å². The molecule has 3 rings (SSSR count). The predicted molar refractivity (Wildman–Crippen MR) is 164 cm³/mol. The molecule has 3 aromatic carbocycles. The molecule has 9 nitrogen and oxygen atoms in total. The Labute approximate surface area is 249 Å². The molecule has 42 heavy (non-hydrogen) atoms. The second-order valence-corrected chi connectivity index (χ2v) is 12.0. The number of carbonyl (C=O) groups excluding carboxylic acids is 2. The van der Waals surface area contributed by atoms with Crippen molar-refractivity contribution < 1.29 is 27.5 Å². The molecule has 2 atom stereocenters. The normalized spacial score (nSPS) is 12.6. The van der Waals surface area contributed by atoms with Crippen molar-refractivity contribution in [1.82, 2.24) is 10.2 Å². The van der Waals surface area contributed by atoms with Crippen LogP contribution in [0.3, 0.4) is 0 Å². The highest BCUT2D eigenvalue weighted by Crippen LogP contribution is 2.34. The van der Waals surface area contributed by atoms with Crippen LogP contribution >= 0.6 is 0 Å². The summed E-state index contributed by atoms with van der Waals surface area (Å²) in [6.07, 6.45) is 1.05. The van der Waals surface area contributed by atoms with Crippen molar-refractivity contribution >= 4 is 27.5 Å². The maximum absolute atomic E-state index is 14.3. The summed E-state index contributed by atoms with van der Waals surface area (Å²) in [5.74, 6) is 0.0734.